The van der Waals surface area contributed by atoms with Crippen LogP contribution in [0.25, 0.3) is 33.8 Å². The minimum absolute atomic E-state index is 0.152. The second kappa shape index (κ2) is 37.0. The van der Waals surface area contributed by atoms with Gasteiger partial charge in [-0.25, -0.2) is 43.1 Å². The van der Waals surface area contributed by atoms with Crippen LogP contribution in [-0.4, -0.2) is 142 Å². The minimum Gasteiger partial charge on any atom is -0.383 e. The molecule has 6 aliphatic rings. The number of ether oxygens (including phenoxy) is 1. The van der Waals surface area contributed by atoms with Crippen LogP contribution >= 0.6 is 0 Å². The lowest BCUT2D eigenvalue weighted by molar-refractivity contribution is 0.0976. The number of nitrogens with one attached hydrogen (secondary N) is 3. The van der Waals surface area contributed by atoms with Crippen molar-refractivity contribution in [3.8, 4) is 33.8 Å². The zero-order valence-corrected chi connectivity index (χ0v) is 65.5. The highest BCUT2D eigenvalue weighted by atomic mass is 19.1. The number of likely N-dealkylation sites (tertiary alicyclic amines) is 1. The first kappa shape index (κ1) is 77.2. The Balaban J connectivity index is 0.000000129. The molecule has 0 unspecified atom stereocenters. The maximum absolute atomic E-state index is 13.6. The van der Waals surface area contributed by atoms with Gasteiger partial charge in [0.2, 0.25) is 17.8 Å². The van der Waals surface area contributed by atoms with Gasteiger partial charge in [0, 0.05) is 136 Å². The largest absolute Gasteiger partial charge is 0.383 e. The Morgan fingerprint density at radius 3 is 1.08 bits per heavy atom. The van der Waals surface area contributed by atoms with E-state index in [2.05, 4.69) is 191 Å². The molecule has 3 atom stereocenters. The van der Waals surface area contributed by atoms with Crippen LogP contribution in [0.3, 0.4) is 0 Å². The van der Waals surface area contributed by atoms with Gasteiger partial charge in [-0.1, -0.05) is 171 Å². The second-order valence-electron chi connectivity index (χ2n) is 31.5. The summed E-state index contributed by atoms with van der Waals surface area (Å²) in [7, 11) is 4.04. The predicted molar refractivity (Wildman–Crippen MR) is 453 cm³/mol. The molecule has 18 rings (SSSR count). The molecule has 0 spiro atoms. The van der Waals surface area contributed by atoms with E-state index in [1.807, 2.05) is 67.1 Å². The van der Waals surface area contributed by atoms with E-state index in [0.29, 0.717) is 17.8 Å². The number of hydrogen-bond donors (Lipinski definition) is 3. The maximum atomic E-state index is 13.6. The summed E-state index contributed by atoms with van der Waals surface area (Å²) in [6.07, 6.45) is 22.3. The summed E-state index contributed by atoms with van der Waals surface area (Å²) in [5, 5.41) is 10.2. The third-order valence-corrected chi connectivity index (χ3v) is 24.0. The fourth-order valence-electron chi connectivity index (χ4n) is 17.4. The molecule has 0 bridgehead atoms. The fraction of sp³-hybridized carbons (Fsp3) is 0.320. The monoisotopic (exact) mass is 1520 g/mol. The number of methoxy groups -OCH3 is 1. The van der Waals surface area contributed by atoms with Gasteiger partial charge in [-0.2, -0.15) is 0 Å². The summed E-state index contributed by atoms with van der Waals surface area (Å²) in [6.45, 7) is 12.1. The Labute approximate surface area is 669 Å². The van der Waals surface area contributed by atoms with E-state index in [1.165, 1.54) is 134 Å². The number of anilines is 6. The molecular weight excluding hydrogens is 1420 g/mol. The highest BCUT2D eigenvalue weighted by Gasteiger charge is 2.32. The number of halogens is 3. The lowest BCUT2D eigenvalue weighted by Crippen LogP contribution is -2.47. The van der Waals surface area contributed by atoms with Crippen molar-refractivity contribution < 1.29 is 17.9 Å². The number of benzene rings is 9. The van der Waals surface area contributed by atoms with Crippen molar-refractivity contribution in [2.24, 2.45) is 0 Å². The third kappa shape index (κ3) is 19.2. The fourth-order valence-corrected chi connectivity index (χ4v) is 17.4. The number of likely N-dealkylation sites (N-methyl/N-ethyl adjacent to an activating group) is 1. The van der Waals surface area contributed by atoms with E-state index in [1.54, 1.807) is 7.11 Å². The molecule has 3 fully saturated rings. The third-order valence-electron chi connectivity index (χ3n) is 24.0. The van der Waals surface area contributed by atoms with Gasteiger partial charge < -0.3 is 35.4 Å². The van der Waals surface area contributed by atoms with Crippen LogP contribution in [-0.2, 0) is 43.3 Å². The molecule has 1 saturated carbocycles. The number of piperidine rings is 1. The highest BCUT2D eigenvalue weighted by molar-refractivity contribution is 5.76. The Hall–Kier alpha value is -10.8. The van der Waals surface area contributed by atoms with Gasteiger partial charge in [-0.05, 0) is 224 Å². The van der Waals surface area contributed by atoms with Crippen LogP contribution in [0.15, 0.2) is 237 Å². The molecule has 114 heavy (non-hydrogen) atoms. The van der Waals surface area contributed by atoms with Gasteiger partial charge >= 0.3 is 0 Å². The average molecular weight is 1520 g/mol. The molecule has 5 heterocycles. The first-order chi connectivity index (χ1) is 56.0. The van der Waals surface area contributed by atoms with Crippen molar-refractivity contribution in [3.63, 3.8) is 0 Å². The van der Waals surface area contributed by atoms with Gasteiger partial charge in [0.1, 0.15) is 17.5 Å². The molecule has 9 aromatic carbocycles. The zero-order valence-electron chi connectivity index (χ0n) is 65.5. The molecule has 0 amide bonds. The van der Waals surface area contributed by atoms with Crippen LogP contribution in [0.1, 0.15) is 136 Å². The molecule has 3 aromatic heterocycles. The molecule has 0 radical (unpaired) electrons. The summed E-state index contributed by atoms with van der Waals surface area (Å²) >= 11 is 0. The Bertz CT molecular complexity index is 5150. The molecular formula is C97H102F3N13O. The molecule has 2 aliphatic heterocycles. The SMILES string of the molecule is CN(CCc1ccc(Nc2ncc3c(n2)-c2ccccc2[C@H](c2ccc(F)cc2)C3)cc1)C1CCCCC1.COCCN1CCN(CCc2ccc(Nc3ncc4c(n3)-c3ccccc3[C@H](c3ccc(F)cc3)C4)cc2)CC1.Fc1ccc([C@@H]2Cc3cnc(Nc4ccc(CCN5CCCCC5)cc4)nc3-c3ccccc32)cc1. The van der Waals surface area contributed by atoms with E-state index >= 15 is 0 Å². The summed E-state index contributed by atoms with van der Waals surface area (Å²) < 4.78 is 45.8. The van der Waals surface area contributed by atoms with Gasteiger partial charge in [-0.15, -0.1) is 0 Å². The standard InChI is InChI=1S/C33H36FN5O.C33H35FN4.C31H31FN4/c1-40-21-20-39-18-16-38(17-19-39)15-14-24-6-12-28(13-7-24)36-33-35-23-26-22-31(25-8-10-27(34)11-9-25)29-4-2-3-5-30(29)32(26)37-33;1-38(28-7-3-2-4-8-28)20-19-23-11-17-27(18-12-23)36-33-35-22-25-21-31(24-13-15-26(34)16-14-24)29-9-5-6-10-30(29)32(25)37-33;32-25-12-10-23(11-13-25)29-20-24-21-33-31(35-30(24)28-7-3-2-6-27(28)29)34-26-14-8-22(9-15-26)16-19-36-17-4-1-5-18-36/h2-13,23,31H,14-22H2,1H3,(H,35,36,37);5-6,9-18,22,28,31H,2-4,7-8,19-21H2,1H3,(H,35,36,37);2-3,6-15,21,29H,1,4-5,16-20H2,(H,33,34,35)/t2*31-;29-/m000/s1. The minimum atomic E-state index is -0.215. The zero-order chi connectivity index (χ0) is 77.5. The van der Waals surface area contributed by atoms with Gasteiger partial charge in [-0.3, -0.25) is 4.90 Å². The second-order valence-corrected chi connectivity index (χ2v) is 31.5. The molecule has 17 heteroatoms. The van der Waals surface area contributed by atoms with Gasteiger partial charge in [0.15, 0.2) is 0 Å². The lowest BCUT2D eigenvalue weighted by atomic mass is 9.78. The highest BCUT2D eigenvalue weighted by Crippen LogP contribution is 2.46. The number of piperazine rings is 1. The Morgan fingerprint density at radius 1 is 0.377 bits per heavy atom. The van der Waals surface area contributed by atoms with Crippen LogP contribution in [0.4, 0.5) is 48.1 Å². The van der Waals surface area contributed by atoms with E-state index in [-0.39, 0.29) is 35.2 Å². The number of aromatic nitrogens is 6. The molecule has 12 aromatic rings. The van der Waals surface area contributed by atoms with Crippen molar-refractivity contribution in [1.29, 1.82) is 0 Å². The first-order valence-corrected chi connectivity index (χ1v) is 41.1. The van der Waals surface area contributed by atoms with E-state index in [0.717, 1.165) is 188 Å². The van der Waals surface area contributed by atoms with Crippen LogP contribution in [0.2, 0.25) is 0 Å². The topological polar surface area (TPSA) is 136 Å². The molecule has 4 aliphatic carbocycles. The Morgan fingerprint density at radius 2 is 0.711 bits per heavy atom. The Kier molecular flexibility index (Phi) is 25.0. The van der Waals surface area contributed by atoms with Gasteiger partial charge in [0.05, 0.1) is 23.7 Å². The van der Waals surface area contributed by atoms with Crippen molar-refractivity contribution in [2.45, 2.75) is 114 Å². The predicted octanol–water partition coefficient (Wildman–Crippen LogP) is 19.8. The van der Waals surface area contributed by atoms with E-state index < -0.39 is 0 Å². The van der Waals surface area contributed by atoms with E-state index in [4.69, 9.17) is 19.7 Å². The van der Waals surface area contributed by atoms with Crippen molar-refractivity contribution >= 4 is 34.9 Å². The quantitative estimate of drug-likeness (QED) is 0.0594. The molecule has 14 nitrogen and oxygen atoms in total. The van der Waals surface area contributed by atoms with Crippen molar-refractivity contribution in [1.82, 2.24) is 49.5 Å². The molecule has 582 valence electrons. The normalized spacial score (nSPS) is 17.3. The lowest BCUT2D eigenvalue weighted by Gasteiger charge is -2.34. The summed E-state index contributed by atoms with van der Waals surface area (Å²) in [4.78, 5) is 38.9. The maximum Gasteiger partial charge on any atom is 0.227 e. The molecule has 3 N–H and O–H groups in total. The summed E-state index contributed by atoms with van der Waals surface area (Å²) in [6, 6.07) is 72.4. The first-order valence-electron chi connectivity index (χ1n) is 41.1. The van der Waals surface area contributed by atoms with Crippen LogP contribution in [0, 0.1) is 17.5 Å². The summed E-state index contributed by atoms with van der Waals surface area (Å²) in [5.41, 5.74) is 23.6. The summed E-state index contributed by atoms with van der Waals surface area (Å²) in [5.74, 6) is 1.63. The average Bonchev–Trinajstić information content (AvgIpc) is 0.770. The van der Waals surface area contributed by atoms with Gasteiger partial charge in [0.25, 0.3) is 0 Å². The number of rotatable bonds is 22. The smallest absolute Gasteiger partial charge is 0.227 e. The number of nitrogens with zero attached hydrogens (tertiary/aromatic N) is 10. The van der Waals surface area contributed by atoms with Crippen molar-refractivity contribution in [3.05, 3.63) is 321 Å². The van der Waals surface area contributed by atoms with E-state index in [9.17, 15) is 13.2 Å². The molecule has 2 saturated heterocycles. The van der Waals surface area contributed by atoms with Crippen LogP contribution < -0.4 is 16.0 Å². The number of fused-ring (bicyclic) bond motifs is 9. The van der Waals surface area contributed by atoms with Crippen molar-refractivity contribution in [2.75, 3.05) is 102 Å². The van der Waals surface area contributed by atoms with Crippen LogP contribution in [0.5, 0.6) is 0 Å². The number of hydrogen-bond acceptors (Lipinski definition) is 14.